The van der Waals surface area contributed by atoms with Gasteiger partial charge in [-0.05, 0) is 60.3 Å². The summed E-state index contributed by atoms with van der Waals surface area (Å²) in [6, 6.07) is 21.5. The minimum atomic E-state index is -0.466. The lowest BCUT2D eigenvalue weighted by molar-refractivity contribution is -0.123. The molecule has 0 aliphatic carbocycles. The van der Waals surface area contributed by atoms with E-state index in [-0.39, 0.29) is 5.91 Å². The molecule has 4 aromatic rings. The molecular weight excluding hydrogens is 440 g/mol. The number of hydrogen-bond donors (Lipinski definition) is 2. The van der Waals surface area contributed by atoms with Crippen LogP contribution in [0.1, 0.15) is 24.1 Å². The third-order valence-corrected chi connectivity index (χ3v) is 6.25. The quantitative estimate of drug-likeness (QED) is 0.335. The molecule has 0 saturated heterocycles. The highest BCUT2D eigenvalue weighted by Crippen LogP contribution is 2.25. The van der Waals surface area contributed by atoms with Crippen LogP contribution in [0.5, 0.6) is 5.75 Å². The maximum Gasteiger partial charge on any atom is 0.242 e. The monoisotopic (exact) mass is 464 g/mol. The average molecular weight is 465 g/mol. The number of rotatable bonds is 9. The maximum atomic E-state index is 12.7. The van der Waals surface area contributed by atoms with Gasteiger partial charge in [0.25, 0.3) is 0 Å². The van der Waals surface area contributed by atoms with Crippen molar-refractivity contribution >= 4 is 29.5 Å². The number of thiophene rings is 1. The van der Waals surface area contributed by atoms with E-state index in [9.17, 15) is 4.79 Å². The molecule has 1 amide bonds. The lowest BCUT2D eigenvalue weighted by Crippen LogP contribution is -2.32. The molecule has 4 rings (SSSR count). The summed E-state index contributed by atoms with van der Waals surface area (Å²) in [5.41, 5.74) is 2.26. The van der Waals surface area contributed by atoms with Crippen LogP contribution in [0.4, 0.5) is 0 Å². The minimum Gasteiger partial charge on any atom is -0.489 e. The van der Waals surface area contributed by atoms with Crippen molar-refractivity contribution in [3.05, 3.63) is 88.0 Å². The number of carbonyl (C=O) groups excluding carboxylic acids is 1. The Morgan fingerprint density at radius 2 is 1.91 bits per heavy atom. The molecule has 0 saturated carbocycles. The molecule has 1 atom stereocenters. The van der Waals surface area contributed by atoms with Gasteiger partial charge in [-0.15, -0.1) is 11.3 Å². The van der Waals surface area contributed by atoms with E-state index in [2.05, 4.69) is 15.5 Å². The summed E-state index contributed by atoms with van der Waals surface area (Å²) in [5, 5.41) is 12.1. The van der Waals surface area contributed by atoms with E-state index in [1.54, 1.807) is 15.9 Å². The lowest BCUT2D eigenvalue weighted by atomic mass is 10.1. The summed E-state index contributed by atoms with van der Waals surface area (Å²) in [5.74, 6) is 1.41. The number of ether oxygens (including phenoxy) is 1. The molecule has 164 valence electrons. The molecule has 2 heterocycles. The summed E-state index contributed by atoms with van der Waals surface area (Å²) in [6.07, 6.45) is 0.728. The molecule has 2 aromatic heterocycles. The van der Waals surface area contributed by atoms with E-state index in [1.807, 2.05) is 79.0 Å². The van der Waals surface area contributed by atoms with Crippen LogP contribution >= 0.6 is 23.6 Å². The van der Waals surface area contributed by atoms with Crippen molar-refractivity contribution in [2.45, 2.75) is 26.0 Å². The van der Waals surface area contributed by atoms with E-state index in [0.717, 1.165) is 28.2 Å². The van der Waals surface area contributed by atoms with Crippen molar-refractivity contribution in [3.63, 3.8) is 0 Å². The topological polar surface area (TPSA) is 71.9 Å². The van der Waals surface area contributed by atoms with Gasteiger partial charge in [0.05, 0.1) is 4.88 Å². The van der Waals surface area contributed by atoms with Crippen molar-refractivity contribution in [2.75, 3.05) is 6.54 Å². The molecular formula is C24H24N4O2S2. The van der Waals surface area contributed by atoms with Gasteiger partial charge in [-0.1, -0.05) is 48.5 Å². The number of nitrogens with one attached hydrogen (secondary N) is 2. The summed E-state index contributed by atoms with van der Waals surface area (Å²) in [7, 11) is 0. The highest BCUT2D eigenvalue weighted by atomic mass is 32.1. The molecule has 0 radical (unpaired) electrons. The Balaban J connectivity index is 1.29. The summed E-state index contributed by atoms with van der Waals surface area (Å²) < 4.78 is 8.02. The maximum absolute atomic E-state index is 12.7. The zero-order valence-electron chi connectivity index (χ0n) is 17.7. The summed E-state index contributed by atoms with van der Waals surface area (Å²) >= 11 is 6.91. The third kappa shape index (κ3) is 5.33. The number of amides is 1. The van der Waals surface area contributed by atoms with Gasteiger partial charge < -0.3 is 10.1 Å². The molecule has 8 heteroatoms. The molecule has 32 heavy (non-hydrogen) atoms. The predicted octanol–water partition coefficient (Wildman–Crippen LogP) is 5.17. The molecule has 2 aromatic carbocycles. The number of benzene rings is 2. The molecule has 0 aliphatic heterocycles. The van der Waals surface area contributed by atoms with Gasteiger partial charge in [0.1, 0.15) is 18.4 Å². The third-order valence-electron chi connectivity index (χ3n) is 5.10. The van der Waals surface area contributed by atoms with Crippen LogP contribution in [0.2, 0.25) is 0 Å². The van der Waals surface area contributed by atoms with Crippen LogP contribution in [0.15, 0.2) is 72.1 Å². The van der Waals surface area contributed by atoms with E-state index < -0.39 is 6.04 Å². The largest absolute Gasteiger partial charge is 0.489 e. The number of H-pyrrole nitrogens is 1. The Bertz CT molecular complexity index is 1200. The van der Waals surface area contributed by atoms with Crippen LogP contribution in [0, 0.1) is 4.77 Å². The van der Waals surface area contributed by atoms with Crippen molar-refractivity contribution in [2.24, 2.45) is 0 Å². The van der Waals surface area contributed by atoms with Gasteiger partial charge in [0.15, 0.2) is 10.6 Å². The number of nitrogens with zero attached hydrogens (tertiary/aromatic N) is 2. The Kier molecular flexibility index (Phi) is 7.14. The fraction of sp³-hybridized carbons (Fsp3) is 0.208. The molecule has 6 nitrogen and oxygen atoms in total. The Hall–Kier alpha value is -3.23. The minimum absolute atomic E-state index is 0.0943. The molecule has 1 unspecified atom stereocenters. The zero-order chi connectivity index (χ0) is 22.3. The highest BCUT2D eigenvalue weighted by Gasteiger charge is 2.21. The van der Waals surface area contributed by atoms with Gasteiger partial charge in [-0.25, -0.2) is 0 Å². The Morgan fingerprint density at radius 3 is 2.62 bits per heavy atom. The number of aromatic nitrogens is 3. The number of carbonyl (C=O) groups is 1. The van der Waals surface area contributed by atoms with Gasteiger partial charge in [0, 0.05) is 6.54 Å². The normalized spacial score (nSPS) is 11.8. The van der Waals surface area contributed by atoms with Crippen LogP contribution in [-0.2, 0) is 17.8 Å². The lowest BCUT2D eigenvalue weighted by Gasteiger charge is -2.15. The number of aromatic amines is 1. The second kappa shape index (κ2) is 10.4. The second-order valence-electron chi connectivity index (χ2n) is 7.33. The first kappa shape index (κ1) is 22.0. The van der Waals surface area contributed by atoms with Gasteiger partial charge in [0.2, 0.25) is 5.91 Å². The van der Waals surface area contributed by atoms with E-state index in [0.29, 0.717) is 23.7 Å². The van der Waals surface area contributed by atoms with Crippen LogP contribution < -0.4 is 10.1 Å². The molecule has 0 fully saturated rings. The summed E-state index contributed by atoms with van der Waals surface area (Å²) in [6.45, 7) is 2.90. The smallest absolute Gasteiger partial charge is 0.242 e. The van der Waals surface area contributed by atoms with Crippen molar-refractivity contribution in [1.82, 2.24) is 20.1 Å². The molecule has 0 aliphatic rings. The first-order valence-corrected chi connectivity index (χ1v) is 11.6. The molecule has 2 N–H and O–H groups in total. The first-order valence-electron chi connectivity index (χ1n) is 10.4. The Morgan fingerprint density at radius 1 is 1.12 bits per heavy atom. The SMILES string of the molecule is CC(C(=O)NCCc1ccc(OCc2ccccc2)cc1)n1c(-c2cccs2)n[nH]c1=S. The molecule has 0 spiro atoms. The van der Waals surface area contributed by atoms with E-state index in [4.69, 9.17) is 17.0 Å². The average Bonchev–Trinajstić information content (AvgIpc) is 3.48. The van der Waals surface area contributed by atoms with Crippen molar-refractivity contribution in [3.8, 4) is 16.5 Å². The van der Waals surface area contributed by atoms with Crippen molar-refractivity contribution in [1.29, 1.82) is 0 Å². The van der Waals surface area contributed by atoms with Crippen LogP contribution in [0.25, 0.3) is 10.7 Å². The predicted molar refractivity (Wildman–Crippen MR) is 129 cm³/mol. The van der Waals surface area contributed by atoms with Crippen LogP contribution in [-0.4, -0.2) is 27.2 Å². The first-order chi connectivity index (χ1) is 15.6. The number of hydrogen-bond acceptors (Lipinski definition) is 5. The van der Waals surface area contributed by atoms with E-state index >= 15 is 0 Å². The fourth-order valence-electron chi connectivity index (χ4n) is 3.33. The van der Waals surface area contributed by atoms with Gasteiger partial charge >= 0.3 is 0 Å². The molecule has 0 bridgehead atoms. The van der Waals surface area contributed by atoms with Gasteiger partial charge in [-0.2, -0.15) is 5.10 Å². The van der Waals surface area contributed by atoms with E-state index in [1.165, 1.54) is 0 Å². The highest BCUT2D eigenvalue weighted by molar-refractivity contribution is 7.71. The fourth-order valence-corrected chi connectivity index (χ4v) is 4.33. The standard InChI is InChI=1S/C24H24N4O2S2/c1-17(28-22(26-27-24(28)31)21-8-5-15-32-21)23(29)25-14-13-18-9-11-20(12-10-18)30-16-19-6-3-2-4-7-19/h2-12,15,17H,13-14,16H2,1H3,(H,25,29)(H,27,31). The zero-order valence-corrected chi connectivity index (χ0v) is 19.3. The summed E-state index contributed by atoms with van der Waals surface area (Å²) in [4.78, 5) is 13.7. The van der Waals surface area contributed by atoms with Crippen molar-refractivity contribution < 1.29 is 9.53 Å². The second-order valence-corrected chi connectivity index (χ2v) is 8.67. The van der Waals surface area contributed by atoms with Crippen LogP contribution in [0.3, 0.4) is 0 Å². The Labute approximate surface area is 195 Å². The van der Waals surface area contributed by atoms with Gasteiger partial charge in [-0.3, -0.25) is 14.5 Å².